The van der Waals surface area contributed by atoms with Crippen LogP contribution in [0.1, 0.15) is 46.0 Å². The van der Waals surface area contributed by atoms with Gasteiger partial charge < -0.3 is 4.90 Å². The first kappa shape index (κ1) is 12.6. The van der Waals surface area contributed by atoms with Crippen LogP contribution in [-0.2, 0) is 9.59 Å². The number of amides is 1. The van der Waals surface area contributed by atoms with Crippen LogP contribution in [0.5, 0.6) is 0 Å². The summed E-state index contributed by atoms with van der Waals surface area (Å²) in [4.78, 5) is 26.2. The third kappa shape index (κ3) is 2.38. The molecule has 2 bridgehead atoms. The van der Waals surface area contributed by atoms with Crippen LogP contribution in [0.15, 0.2) is 0 Å². The highest BCUT2D eigenvalue weighted by Gasteiger charge is 2.41. The Labute approximate surface area is 104 Å². The highest BCUT2D eigenvalue weighted by Crippen LogP contribution is 2.40. The minimum absolute atomic E-state index is 0.114. The zero-order chi connectivity index (χ0) is 12.4. The number of carbonyl (C=O) groups excluding carboxylic acids is 2. The first-order valence-corrected chi connectivity index (χ1v) is 6.99. The fourth-order valence-corrected chi connectivity index (χ4v) is 3.47. The predicted octanol–water partition coefficient (Wildman–Crippen LogP) is 2.25. The van der Waals surface area contributed by atoms with E-state index in [1.807, 2.05) is 18.7 Å². The molecule has 0 aromatic carbocycles. The summed E-state index contributed by atoms with van der Waals surface area (Å²) in [5.41, 5.74) is 0. The monoisotopic (exact) mass is 237 g/mol. The molecule has 0 aromatic rings. The second-order valence-corrected chi connectivity index (χ2v) is 5.41. The highest BCUT2D eigenvalue weighted by atomic mass is 16.2. The van der Waals surface area contributed by atoms with Crippen LogP contribution < -0.4 is 0 Å². The largest absolute Gasteiger partial charge is 0.343 e. The fourth-order valence-electron chi connectivity index (χ4n) is 3.47. The molecule has 2 rings (SSSR count). The van der Waals surface area contributed by atoms with Crippen molar-refractivity contribution in [2.24, 2.45) is 17.8 Å². The summed E-state index contributed by atoms with van der Waals surface area (Å²) in [6.07, 6.45) is 4.82. The van der Waals surface area contributed by atoms with Crippen LogP contribution in [0.2, 0.25) is 0 Å². The predicted molar refractivity (Wildman–Crippen MR) is 66.5 cm³/mol. The van der Waals surface area contributed by atoms with Gasteiger partial charge in [-0.1, -0.05) is 6.42 Å². The summed E-state index contributed by atoms with van der Waals surface area (Å²) in [5.74, 6) is 1.21. The maximum Gasteiger partial charge on any atom is 0.225 e. The van der Waals surface area contributed by atoms with Crippen LogP contribution in [0.3, 0.4) is 0 Å². The van der Waals surface area contributed by atoms with Gasteiger partial charge in [0.25, 0.3) is 0 Å². The number of fused-ring (bicyclic) bond motifs is 2. The molecule has 3 nitrogen and oxygen atoms in total. The molecule has 96 valence electrons. The molecule has 17 heavy (non-hydrogen) atoms. The average molecular weight is 237 g/mol. The van der Waals surface area contributed by atoms with E-state index in [0.717, 1.165) is 38.8 Å². The van der Waals surface area contributed by atoms with Gasteiger partial charge in [0, 0.05) is 30.8 Å². The third-order valence-corrected chi connectivity index (χ3v) is 4.47. The molecule has 0 N–H and O–H groups in total. The molecule has 0 spiro atoms. The van der Waals surface area contributed by atoms with Gasteiger partial charge in [-0.05, 0) is 39.5 Å². The first-order valence-electron chi connectivity index (χ1n) is 6.99. The van der Waals surface area contributed by atoms with Crippen LogP contribution in [-0.4, -0.2) is 29.7 Å². The minimum atomic E-state index is 0.114. The molecule has 0 aromatic heterocycles. The Morgan fingerprint density at radius 2 is 1.71 bits per heavy atom. The summed E-state index contributed by atoms with van der Waals surface area (Å²) in [5, 5.41) is 0. The van der Waals surface area contributed by atoms with Crippen molar-refractivity contribution in [1.29, 1.82) is 0 Å². The van der Waals surface area contributed by atoms with Gasteiger partial charge in [-0.15, -0.1) is 0 Å². The van der Waals surface area contributed by atoms with Crippen molar-refractivity contribution in [2.45, 2.75) is 46.0 Å². The van der Waals surface area contributed by atoms with E-state index >= 15 is 0 Å². The number of hydrogen-bond donors (Lipinski definition) is 0. The van der Waals surface area contributed by atoms with Crippen molar-refractivity contribution < 1.29 is 9.59 Å². The van der Waals surface area contributed by atoms with Crippen molar-refractivity contribution in [3.63, 3.8) is 0 Å². The number of ketones is 1. The summed E-state index contributed by atoms with van der Waals surface area (Å²) in [6, 6.07) is 0. The Balaban J connectivity index is 2.04. The van der Waals surface area contributed by atoms with Gasteiger partial charge in [-0.3, -0.25) is 9.59 Å². The summed E-state index contributed by atoms with van der Waals surface area (Å²) >= 11 is 0. The van der Waals surface area contributed by atoms with Crippen molar-refractivity contribution >= 4 is 11.7 Å². The second-order valence-electron chi connectivity index (χ2n) is 5.41. The topological polar surface area (TPSA) is 37.4 Å². The molecule has 0 radical (unpaired) electrons. The van der Waals surface area contributed by atoms with Crippen LogP contribution in [0.4, 0.5) is 0 Å². The fraction of sp³-hybridized carbons (Fsp3) is 0.857. The number of carbonyl (C=O) groups is 2. The lowest BCUT2D eigenvalue weighted by Gasteiger charge is -2.38. The van der Waals surface area contributed by atoms with E-state index < -0.39 is 0 Å². The van der Waals surface area contributed by atoms with E-state index in [-0.39, 0.29) is 23.7 Å². The Bertz CT molecular complexity index is 293. The summed E-state index contributed by atoms with van der Waals surface area (Å²) in [6.45, 7) is 5.62. The third-order valence-electron chi connectivity index (χ3n) is 4.47. The first-order chi connectivity index (χ1) is 8.17. The van der Waals surface area contributed by atoms with Crippen LogP contribution in [0, 0.1) is 17.8 Å². The van der Waals surface area contributed by atoms with E-state index in [1.165, 1.54) is 6.42 Å². The molecule has 2 aliphatic carbocycles. The molecule has 2 atom stereocenters. The number of Topliss-reactive ketones (excluding diaryl/α,β-unsaturated/α-hetero) is 1. The average Bonchev–Trinajstić information content (AvgIpc) is 2.30. The van der Waals surface area contributed by atoms with Crippen molar-refractivity contribution in [2.75, 3.05) is 13.1 Å². The molecule has 2 aliphatic rings. The van der Waals surface area contributed by atoms with E-state index in [0.29, 0.717) is 5.78 Å². The van der Waals surface area contributed by atoms with E-state index in [2.05, 4.69) is 0 Å². The van der Waals surface area contributed by atoms with E-state index in [1.54, 1.807) is 0 Å². The minimum Gasteiger partial charge on any atom is -0.343 e. The molecule has 2 saturated carbocycles. The van der Waals surface area contributed by atoms with Gasteiger partial charge in [-0.2, -0.15) is 0 Å². The number of rotatable bonds is 3. The molecule has 2 unspecified atom stereocenters. The van der Waals surface area contributed by atoms with Crippen molar-refractivity contribution in [3.8, 4) is 0 Å². The van der Waals surface area contributed by atoms with Gasteiger partial charge in [0.05, 0.1) is 0 Å². The molecule has 0 saturated heterocycles. The van der Waals surface area contributed by atoms with E-state index in [4.69, 9.17) is 0 Å². The molecular formula is C14H23NO2. The SMILES string of the molecule is CCN(CC)C(=O)C1CC2CCCC(C1)C2=O. The van der Waals surface area contributed by atoms with E-state index in [9.17, 15) is 9.59 Å². The second kappa shape index (κ2) is 5.19. The standard InChI is InChI=1S/C14H23NO2/c1-3-15(4-2)14(17)12-8-10-6-5-7-11(9-12)13(10)16/h10-12H,3-9H2,1-2H3. The van der Waals surface area contributed by atoms with Gasteiger partial charge >= 0.3 is 0 Å². The van der Waals surface area contributed by atoms with Crippen molar-refractivity contribution in [3.05, 3.63) is 0 Å². The smallest absolute Gasteiger partial charge is 0.225 e. The summed E-state index contributed by atoms with van der Waals surface area (Å²) < 4.78 is 0. The normalized spacial score (nSPS) is 32.4. The Hall–Kier alpha value is -0.860. The lowest BCUT2D eigenvalue weighted by atomic mass is 9.67. The van der Waals surface area contributed by atoms with Gasteiger partial charge in [0.15, 0.2) is 0 Å². The Morgan fingerprint density at radius 3 is 2.18 bits per heavy atom. The number of hydrogen-bond acceptors (Lipinski definition) is 2. The molecule has 0 heterocycles. The van der Waals surface area contributed by atoms with Crippen molar-refractivity contribution in [1.82, 2.24) is 4.90 Å². The lowest BCUT2D eigenvalue weighted by molar-refractivity contribution is -0.142. The lowest BCUT2D eigenvalue weighted by Crippen LogP contribution is -2.44. The molecule has 1 amide bonds. The van der Waals surface area contributed by atoms with Crippen LogP contribution in [0.25, 0.3) is 0 Å². The van der Waals surface area contributed by atoms with Gasteiger partial charge in [-0.25, -0.2) is 0 Å². The quantitative estimate of drug-likeness (QED) is 0.755. The maximum atomic E-state index is 12.3. The van der Waals surface area contributed by atoms with Gasteiger partial charge in [0.2, 0.25) is 5.91 Å². The summed E-state index contributed by atoms with van der Waals surface area (Å²) in [7, 11) is 0. The molecule has 2 fully saturated rings. The zero-order valence-corrected chi connectivity index (χ0v) is 10.9. The highest BCUT2D eigenvalue weighted by molar-refractivity contribution is 5.88. The molecular weight excluding hydrogens is 214 g/mol. The van der Waals surface area contributed by atoms with Crippen LogP contribution >= 0.6 is 0 Å². The van der Waals surface area contributed by atoms with Gasteiger partial charge in [0.1, 0.15) is 5.78 Å². The molecule has 0 aliphatic heterocycles. The maximum absolute atomic E-state index is 12.3. The number of nitrogens with zero attached hydrogens (tertiary/aromatic N) is 1. The Morgan fingerprint density at radius 1 is 1.18 bits per heavy atom. The molecule has 3 heteroatoms. The zero-order valence-electron chi connectivity index (χ0n) is 10.9. The Kier molecular flexibility index (Phi) is 3.85.